The second kappa shape index (κ2) is 6.90. The molecule has 1 heterocycles. The SMILES string of the molecule is CCC1CCCC(NCc2cnn(CCO)c2)C1. The number of hydrogen-bond acceptors (Lipinski definition) is 3. The lowest BCUT2D eigenvalue weighted by atomic mass is 9.84. The molecule has 1 fully saturated rings. The van der Waals surface area contributed by atoms with Crippen LogP contribution in [0.1, 0.15) is 44.6 Å². The first kappa shape index (κ1) is 13.6. The summed E-state index contributed by atoms with van der Waals surface area (Å²) in [6.07, 6.45) is 10.6. The summed E-state index contributed by atoms with van der Waals surface area (Å²) in [4.78, 5) is 0. The number of aliphatic hydroxyl groups excluding tert-OH is 1. The van der Waals surface area contributed by atoms with Gasteiger partial charge in [0.05, 0.1) is 19.3 Å². The molecule has 0 aliphatic heterocycles. The molecule has 0 spiro atoms. The van der Waals surface area contributed by atoms with Crippen LogP contribution >= 0.6 is 0 Å². The van der Waals surface area contributed by atoms with Gasteiger partial charge in [0.2, 0.25) is 0 Å². The fourth-order valence-corrected chi connectivity index (χ4v) is 2.83. The van der Waals surface area contributed by atoms with Crippen LogP contribution in [0.2, 0.25) is 0 Å². The molecule has 0 radical (unpaired) electrons. The van der Waals surface area contributed by atoms with E-state index in [1.165, 1.54) is 37.7 Å². The van der Waals surface area contributed by atoms with E-state index in [4.69, 9.17) is 5.11 Å². The van der Waals surface area contributed by atoms with Crippen molar-refractivity contribution in [3.05, 3.63) is 18.0 Å². The zero-order chi connectivity index (χ0) is 12.8. The molecule has 0 amide bonds. The van der Waals surface area contributed by atoms with Crippen LogP contribution in [0, 0.1) is 5.92 Å². The number of nitrogens with one attached hydrogen (secondary N) is 1. The summed E-state index contributed by atoms with van der Waals surface area (Å²) in [6, 6.07) is 0.671. The van der Waals surface area contributed by atoms with Crippen LogP contribution in [0.25, 0.3) is 0 Å². The first-order valence-corrected chi connectivity index (χ1v) is 7.17. The van der Waals surface area contributed by atoms with Gasteiger partial charge in [-0.2, -0.15) is 5.10 Å². The predicted octanol–water partition coefficient (Wildman–Crippen LogP) is 1.93. The van der Waals surface area contributed by atoms with Crippen LogP contribution in [0.4, 0.5) is 0 Å². The van der Waals surface area contributed by atoms with E-state index in [1.54, 1.807) is 4.68 Å². The van der Waals surface area contributed by atoms with Gasteiger partial charge in [-0.25, -0.2) is 0 Å². The number of aromatic nitrogens is 2. The lowest BCUT2D eigenvalue weighted by molar-refractivity contribution is 0.269. The average molecular weight is 251 g/mol. The van der Waals surface area contributed by atoms with Crippen LogP contribution in [0.5, 0.6) is 0 Å². The smallest absolute Gasteiger partial charge is 0.0640 e. The number of hydrogen-bond donors (Lipinski definition) is 2. The predicted molar refractivity (Wildman–Crippen MR) is 72.2 cm³/mol. The highest BCUT2D eigenvalue weighted by molar-refractivity contribution is 5.03. The Bertz CT molecular complexity index is 351. The van der Waals surface area contributed by atoms with E-state index < -0.39 is 0 Å². The average Bonchev–Trinajstić information content (AvgIpc) is 2.85. The molecule has 1 aliphatic carbocycles. The Kier molecular flexibility index (Phi) is 5.20. The second-order valence-corrected chi connectivity index (χ2v) is 5.35. The van der Waals surface area contributed by atoms with Gasteiger partial charge in [-0.15, -0.1) is 0 Å². The first-order valence-electron chi connectivity index (χ1n) is 7.17. The normalized spacial score (nSPS) is 24.3. The van der Waals surface area contributed by atoms with Gasteiger partial charge >= 0.3 is 0 Å². The second-order valence-electron chi connectivity index (χ2n) is 5.35. The summed E-state index contributed by atoms with van der Waals surface area (Å²) in [7, 11) is 0. The van der Waals surface area contributed by atoms with E-state index in [1.807, 2.05) is 12.4 Å². The Hall–Kier alpha value is -0.870. The van der Waals surface area contributed by atoms with E-state index in [0.717, 1.165) is 12.5 Å². The highest BCUT2D eigenvalue weighted by atomic mass is 16.3. The summed E-state index contributed by atoms with van der Waals surface area (Å²) in [5, 5.41) is 16.7. The molecule has 0 saturated heterocycles. The molecule has 2 rings (SSSR count). The van der Waals surface area contributed by atoms with Crippen molar-refractivity contribution < 1.29 is 5.11 Å². The summed E-state index contributed by atoms with van der Waals surface area (Å²) in [5.74, 6) is 0.911. The maximum atomic E-state index is 8.84. The maximum absolute atomic E-state index is 8.84. The van der Waals surface area contributed by atoms with Gasteiger partial charge in [0, 0.05) is 24.3 Å². The number of nitrogens with zero attached hydrogens (tertiary/aromatic N) is 2. The van der Waals surface area contributed by atoms with Crippen molar-refractivity contribution in [1.82, 2.24) is 15.1 Å². The van der Waals surface area contributed by atoms with Crippen molar-refractivity contribution in [2.24, 2.45) is 5.92 Å². The van der Waals surface area contributed by atoms with Crippen LogP contribution in [0.3, 0.4) is 0 Å². The lowest BCUT2D eigenvalue weighted by Crippen LogP contribution is -2.33. The molecule has 1 saturated carbocycles. The zero-order valence-corrected chi connectivity index (χ0v) is 11.3. The molecule has 1 aromatic heterocycles. The third-order valence-electron chi connectivity index (χ3n) is 3.97. The molecule has 2 N–H and O–H groups in total. The van der Waals surface area contributed by atoms with E-state index >= 15 is 0 Å². The molecule has 0 aromatic carbocycles. The molecule has 1 aromatic rings. The van der Waals surface area contributed by atoms with Gasteiger partial charge in [-0.05, 0) is 18.8 Å². The topological polar surface area (TPSA) is 50.1 Å². The van der Waals surface area contributed by atoms with Crippen LogP contribution in [-0.2, 0) is 13.1 Å². The fraction of sp³-hybridized carbons (Fsp3) is 0.786. The van der Waals surface area contributed by atoms with Crippen LogP contribution < -0.4 is 5.32 Å². The summed E-state index contributed by atoms with van der Waals surface area (Å²) in [5.41, 5.74) is 1.21. The third kappa shape index (κ3) is 3.82. The van der Waals surface area contributed by atoms with Gasteiger partial charge in [0.15, 0.2) is 0 Å². The summed E-state index contributed by atoms with van der Waals surface area (Å²) < 4.78 is 1.80. The molecular formula is C14H25N3O. The molecule has 4 heteroatoms. The first-order chi connectivity index (χ1) is 8.81. The minimum atomic E-state index is 0.148. The van der Waals surface area contributed by atoms with Crippen molar-refractivity contribution in [3.63, 3.8) is 0 Å². The van der Waals surface area contributed by atoms with E-state index in [-0.39, 0.29) is 6.61 Å². The zero-order valence-electron chi connectivity index (χ0n) is 11.3. The lowest BCUT2D eigenvalue weighted by Gasteiger charge is -2.29. The van der Waals surface area contributed by atoms with Gasteiger partial charge in [0.1, 0.15) is 0 Å². The molecule has 2 atom stereocenters. The fourth-order valence-electron chi connectivity index (χ4n) is 2.83. The quantitative estimate of drug-likeness (QED) is 0.812. The summed E-state index contributed by atoms with van der Waals surface area (Å²) in [6.45, 7) is 3.93. The standard InChI is InChI=1S/C14H25N3O/c1-2-12-4-3-5-14(8-12)15-9-13-10-16-17(11-13)6-7-18/h10-12,14-15,18H,2-9H2,1H3. The van der Waals surface area contributed by atoms with Gasteiger partial charge in [-0.1, -0.05) is 26.2 Å². The number of rotatable bonds is 6. The van der Waals surface area contributed by atoms with Crippen molar-refractivity contribution in [1.29, 1.82) is 0 Å². The van der Waals surface area contributed by atoms with Gasteiger partial charge in [-0.3, -0.25) is 4.68 Å². The van der Waals surface area contributed by atoms with Gasteiger partial charge in [0.25, 0.3) is 0 Å². The molecule has 1 aliphatic rings. The Morgan fingerprint density at radius 1 is 1.50 bits per heavy atom. The Labute approximate surface area is 109 Å². The Morgan fingerprint density at radius 2 is 2.39 bits per heavy atom. The van der Waals surface area contributed by atoms with Gasteiger partial charge < -0.3 is 10.4 Å². The highest BCUT2D eigenvalue weighted by Crippen LogP contribution is 2.26. The Balaban J connectivity index is 1.76. The van der Waals surface area contributed by atoms with Crippen molar-refractivity contribution in [2.75, 3.05) is 6.61 Å². The van der Waals surface area contributed by atoms with Crippen molar-refractivity contribution >= 4 is 0 Å². The highest BCUT2D eigenvalue weighted by Gasteiger charge is 2.20. The minimum absolute atomic E-state index is 0.148. The van der Waals surface area contributed by atoms with E-state index in [2.05, 4.69) is 17.3 Å². The molecule has 2 unspecified atom stereocenters. The monoisotopic (exact) mass is 251 g/mol. The molecule has 102 valence electrons. The summed E-state index contributed by atoms with van der Waals surface area (Å²) >= 11 is 0. The van der Waals surface area contributed by atoms with Crippen molar-refractivity contribution in [2.45, 2.75) is 58.2 Å². The van der Waals surface area contributed by atoms with Crippen molar-refractivity contribution in [3.8, 4) is 0 Å². The Morgan fingerprint density at radius 3 is 3.17 bits per heavy atom. The van der Waals surface area contributed by atoms with Crippen LogP contribution in [0.15, 0.2) is 12.4 Å². The van der Waals surface area contributed by atoms with Crippen LogP contribution in [-0.4, -0.2) is 27.5 Å². The number of aliphatic hydroxyl groups is 1. The van der Waals surface area contributed by atoms with E-state index in [0.29, 0.717) is 12.6 Å². The molecular weight excluding hydrogens is 226 g/mol. The third-order valence-corrected chi connectivity index (χ3v) is 3.97. The molecule has 4 nitrogen and oxygen atoms in total. The largest absolute Gasteiger partial charge is 0.394 e. The molecule has 0 bridgehead atoms. The maximum Gasteiger partial charge on any atom is 0.0640 e. The minimum Gasteiger partial charge on any atom is -0.394 e. The molecule has 18 heavy (non-hydrogen) atoms. The van der Waals surface area contributed by atoms with E-state index in [9.17, 15) is 0 Å².